The molecule has 2 N–H and O–H groups in total. The number of aryl methyl sites for hydroxylation is 2. The van der Waals surface area contributed by atoms with E-state index in [1.165, 1.54) is 4.68 Å². The Morgan fingerprint density at radius 3 is 3.05 bits per heavy atom. The summed E-state index contributed by atoms with van der Waals surface area (Å²) in [6.07, 6.45) is 1.66. The molecule has 0 fully saturated rings. The fourth-order valence-electron chi connectivity index (χ4n) is 2.21. The summed E-state index contributed by atoms with van der Waals surface area (Å²) in [5.74, 6) is 1.00. The summed E-state index contributed by atoms with van der Waals surface area (Å²) >= 11 is 0. The zero-order valence-corrected chi connectivity index (χ0v) is 11.5. The molecule has 3 aromatic rings. The van der Waals surface area contributed by atoms with Gasteiger partial charge < -0.3 is 10.3 Å². The van der Waals surface area contributed by atoms with E-state index < -0.39 is 4.92 Å². The molecule has 3 aromatic heterocycles. The highest BCUT2D eigenvalue weighted by Gasteiger charge is 2.23. The van der Waals surface area contributed by atoms with Gasteiger partial charge in [0.15, 0.2) is 5.65 Å². The van der Waals surface area contributed by atoms with Crippen molar-refractivity contribution in [3.8, 4) is 0 Å². The number of rotatable bonds is 4. The largest absolute Gasteiger partial charge is 0.357 e. The summed E-state index contributed by atoms with van der Waals surface area (Å²) in [6.45, 7) is 1.92. The van der Waals surface area contributed by atoms with Gasteiger partial charge in [0, 0.05) is 13.2 Å². The highest BCUT2D eigenvalue weighted by molar-refractivity contribution is 5.70. The van der Waals surface area contributed by atoms with E-state index in [1.807, 2.05) is 12.1 Å². The molecule has 9 nitrogen and oxygen atoms in total. The SMILES string of the molecule is Cc1nn(C)c(NCc2nc3ncccc3[nH]2)c1[N+](=O)[O-]. The van der Waals surface area contributed by atoms with Crippen molar-refractivity contribution < 1.29 is 4.92 Å². The van der Waals surface area contributed by atoms with E-state index in [9.17, 15) is 10.1 Å². The van der Waals surface area contributed by atoms with E-state index in [0.29, 0.717) is 29.5 Å². The maximum absolute atomic E-state index is 11.1. The Labute approximate surface area is 119 Å². The van der Waals surface area contributed by atoms with Gasteiger partial charge in [-0.05, 0) is 19.1 Å². The Kier molecular flexibility index (Phi) is 3.01. The summed E-state index contributed by atoms with van der Waals surface area (Å²) in [5, 5.41) is 18.1. The molecule has 0 unspecified atom stereocenters. The van der Waals surface area contributed by atoms with Crippen molar-refractivity contribution in [2.45, 2.75) is 13.5 Å². The van der Waals surface area contributed by atoms with E-state index in [-0.39, 0.29) is 5.69 Å². The zero-order valence-electron chi connectivity index (χ0n) is 11.5. The number of hydrogen-bond acceptors (Lipinski definition) is 6. The second kappa shape index (κ2) is 4.85. The smallest absolute Gasteiger partial charge is 0.333 e. The lowest BCUT2D eigenvalue weighted by Crippen LogP contribution is -2.07. The number of aromatic amines is 1. The Balaban J connectivity index is 1.86. The third-order valence-corrected chi connectivity index (χ3v) is 3.10. The summed E-state index contributed by atoms with van der Waals surface area (Å²) in [5.41, 5.74) is 1.79. The minimum atomic E-state index is -0.440. The van der Waals surface area contributed by atoms with Gasteiger partial charge >= 0.3 is 5.69 Å². The fraction of sp³-hybridized carbons (Fsp3) is 0.250. The third-order valence-electron chi connectivity index (χ3n) is 3.10. The van der Waals surface area contributed by atoms with Crippen molar-refractivity contribution in [2.75, 3.05) is 5.32 Å². The Morgan fingerprint density at radius 2 is 2.33 bits per heavy atom. The maximum Gasteiger partial charge on any atom is 0.333 e. The number of nitrogens with one attached hydrogen (secondary N) is 2. The molecular formula is C12H13N7O2. The predicted octanol–water partition coefficient (Wildman–Crippen LogP) is 1.52. The lowest BCUT2D eigenvalue weighted by Gasteiger charge is -2.03. The van der Waals surface area contributed by atoms with Gasteiger partial charge in [0.1, 0.15) is 11.5 Å². The van der Waals surface area contributed by atoms with Crippen molar-refractivity contribution in [1.82, 2.24) is 24.7 Å². The summed E-state index contributed by atoms with van der Waals surface area (Å²) in [6, 6.07) is 3.68. The van der Waals surface area contributed by atoms with Gasteiger partial charge in [0.25, 0.3) is 0 Å². The number of H-pyrrole nitrogens is 1. The van der Waals surface area contributed by atoms with E-state index in [4.69, 9.17) is 0 Å². The first-order chi connectivity index (χ1) is 10.1. The molecule has 0 aromatic carbocycles. The Hall–Kier alpha value is -2.97. The minimum Gasteiger partial charge on any atom is -0.357 e. The highest BCUT2D eigenvalue weighted by Crippen LogP contribution is 2.27. The normalized spacial score (nSPS) is 11.0. The highest BCUT2D eigenvalue weighted by atomic mass is 16.6. The van der Waals surface area contributed by atoms with E-state index >= 15 is 0 Å². The first-order valence-corrected chi connectivity index (χ1v) is 6.27. The standard InChI is InChI=1S/C12H13N7O2/c1-7-10(19(20)21)12(18(2)17-7)14-6-9-15-8-4-3-5-13-11(8)16-9/h3-5,14H,6H2,1-2H3,(H,13,15,16). The Bertz CT molecular complexity index is 787. The van der Waals surface area contributed by atoms with Crippen molar-refractivity contribution in [3.05, 3.63) is 40.0 Å². The second-order valence-electron chi connectivity index (χ2n) is 4.57. The molecule has 0 aliphatic carbocycles. The maximum atomic E-state index is 11.1. The number of nitro groups is 1. The van der Waals surface area contributed by atoms with Crippen molar-refractivity contribution in [2.24, 2.45) is 7.05 Å². The molecule has 0 bridgehead atoms. The molecule has 0 saturated heterocycles. The van der Waals surface area contributed by atoms with Gasteiger partial charge in [0.05, 0.1) is 17.0 Å². The van der Waals surface area contributed by atoms with Gasteiger partial charge in [-0.1, -0.05) is 0 Å². The number of pyridine rings is 1. The van der Waals surface area contributed by atoms with Crippen LogP contribution in [0.2, 0.25) is 0 Å². The van der Waals surface area contributed by atoms with Crippen LogP contribution in [-0.4, -0.2) is 29.7 Å². The first-order valence-electron chi connectivity index (χ1n) is 6.27. The predicted molar refractivity (Wildman–Crippen MR) is 75.8 cm³/mol. The molecule has 0 radical (unpaired) electrons. The summed E-state index contributed by atoms with van der Waals surface area (Å²) in [7, 11) is 1.66. The molecule has 3 rings (SSSR count). The van der Waals surface area contributed by atoms with Gasteiger partial charge in [-0.3, -0.25) is 10.1 Å². The molecule has 0 atom stereocenters. The van der Waals surface area contributed by atoms with Crippen LogP contribution in [0.25, 0.3) is 11.2 Å². The molecule has 21 heavy (non-hydrogen) atoms. The second-order valence-corrected chi connectivity index (χ2v) is 4.57. The lowest BCUT2D eigenvalue weighted by atomic mass is 10.4. The van der Waals surface area contributed by atoms with Crippen LogP contribution in [0, 0.1) is 17.0 Å². The van der Waals surface area contributed by atoms with Crippen LogP contribution in [-0.2, 0) is 13.6 Å². The number of anilines is 1. The summed E-state index contributed by atoms with van der Waals surface area (Å²) in [4.78, 5) is 22.2. The number of nitrogens with zero attached hydrogens (tertiary/aromatic N) is 5. The molecular weight excluding hydrogens is 274 g/mol. The van der Waals surface area contributed by atoms with E-state index in [1.54, 1.807) is 20.2 Å². The van der Waals surface area contributed by atoms with Crippen molar-refractivity contribution in [1.29, 1.82) is 0 Å². The van der Waals surface area contributed by atoms with Crippen LogP contribution in [0.3, 0.4) is 0 Å². The number of hydrogen-bond donors (Lipinski definition) is 2. The van der Waals surface area contributed by atoms with Crippen molar-refractivity contribution >= 4 is 22.7 Å². The molecule has 0 aliphatic rings. The first kappa shape index (κ1) is 13.0. The van der Waals surface area contributed by atoms with Crippen LogP contribution in [0.15, 0.2) is 18.3 Å². The van der Waals surface area contributed by atoms with Crippen LogP contribution in [0.5, 0.6) is 0 Å². The molecule has 0 saturated carbocycles. The quantitative estimate of drug-likeness (QED) is 0.555. The van der Waals surface area contributed by atoms with Crippen LogP contribution in [0.1, 0.15) is 11.5 Å². The van der Waals surface area contributed by atoms with Gasteiger partial charge in [-0.25, -0.2) is 14.6 Å². The van der Waals surface area contributed by atoms with Crippen LogP contribution in [0.4, 0.5) is 11.5 Å². The Morgan fingerprint density at radius 1 is 1.52 bits per heavy atom. The molecule has 0 aliphatic heterocycles. The monoisotopic (exact) mass is 287 g/mol. The molecule has 0 amide bonds. The van der Waals surface area contributed by atoms with Crippen LogP contribution < -0.4 is 5.32 Å². The lowest BCUT2D eigenvalue weighted by molar-refractivity contribution is -0.384. The fourth-order valence-corrected chi connectivity index (χ4v) is 2.21. The number of imidazole rings is 1. The molecule has 9 heteroatoms. The van der Waals surface area contributed by atoms with Gasteiger partial charge in [-0.15, -0.1) is 0 Å². The van der Waals surface area contributed by atoms with Crippen LogP contribution >= 0.6 is 0 Å². The summed E-state index contributed by atoms with van der Waals surface area (Å²) < 4.78 is 1.45. The molecule has 3 heterocycles. The third kappa shape index (κ3) is 2.29. The minimum absolute atomic E-state index is 0.0215. The van der Waals surface area contributed by atoms with Crippen molar-refractivity contribution in [3.63, 3.8) is 0 Å². The molecule has 108 valence electrons. The average Bonchev–Trinajstić information content (AvgIpc) is 2.96. The number of fused-ring (bicyclic) bond motifs is 1. The van der Waals surface area contributed by atoms with Gasteiger partial charge in [0.2, 0.25) is 5.82 Å². The average molecular weight is 287 g/mol. The molecule has 0 spiro atoms. The van der Waals surface area contributed by atoms with E-state index in [0.717, 1.165) is 5.52 Å². The van der Waals surface area contributed by atoms with Gasteiger partial charge in [-0.2, -0.15) is 5.10 Å². The zero-order chi connectivity index (χ0) is 15.0. The van der Waals surface area contributed by atoms with E-state index in [2.05, 4.69) is 25.4 Å². The topological polar surface area (TPSA) is 115 Å². The number of aromatic nitrogens is 5.